The molecular weight excluding hydrogens is 264 g/mol. The summed E-state index contributed by atoms with van der Waals surface area (Å²) in [6.45, 7) is -0.0196. The van der Waals surface area contributed by atoms with Gasteiger partial charge in [-0.2, -0.15) is 5.26 Å². The van der Waals surface area contributed by atoms with E-state index in [1.165, 1.54) is 18.4 Å². The number of pyridine rings is 1. The van der Waals surface area contributed by atoms with Crippen LogP contribution in [0.4, 0.5) is 0 Å². The average Bonchev–Trinajstić information content (AvgIpc) is 2.54. The van der Waals surface area contributed by atoms with Crippen molar-refractivity contribution in [2.24, 2.45) is 0 Å². The van der Waals surface area contributed by atoms with E-state index in [1.54, 1.807) is 12.3 Å². The maximum Gasteiger partial charge on any atom is 0.255 e. The van der Waals surface area contributed by atoms with E-state index in [1.807, 2.05) is 18.2 Å². The van der Waals surface area contributed by atoms with Crippen molar-refractivity contribution >= 4 is 16.3 Å². The average molecular weight is 280 g/mol. The Labute approximate surface area is 122 Å². The summed E-state index contributed by atoms with van der Waals surface area (Å²) in [5.41, 5.74) is 2.26. The van der Waals surface area contributed by atoms with Crippen molar-refractivity contribution in [2.45, 2.75) is 25.7 Å². The zero-order valence-electron chi connectivity index (χ0n) is 11.7. The van der Waals surface area contributed by atoms with Crippen LogP contribution in [0.15, 0.2) is 35.3 Å². The minimum atomic E-state index is -0.132. The fourth-order valence-electron chi connectivity index (χ4n) is 2.79. The second-order valence-electron chi connectivity index (χ2n) is 5.16. The number of fused-ring (bicyclic) bond motifs is 1. The van der Waals surface area contributed by atoms with Crippen LogP contribution in [0.5, 0.6) is 5.75 Å². The third-order valence-corrected chi connectivity index (χ3v) is 3.81. The molecule has 0 radical (unpaired) electrons. The van der Waals surface area contributed by atoms with Crippen LogP contribution in [0.25, 0.3) is 16.3 Å². The van der Waals surface area contributed by atoms with Gasteiger partial charge in [0.15, 0.2) is 6.61 Å². The summed E-state index contributed by atoms with van der Waals surface area (Å²) >= 11 is 0. The molecular formula is C17H16N2O2. The van der Waals surface area contributed by atoms with Crippen LogP contribution in [-0.2, 0) is 0 Å². The highest BCUT2D eigenvalue weighted by Crippen LogP contribution is 2.31. The number of ether oxygens (including phenoxy) is 1. The van der Waals surface area contributed by atoms with Gasteiger partial charge in [0.05, 0.1) is 5.39 Å². The molecule has 0 amide bonds. The molecule has 0 spiro atoms. The zero-order chi connectivity index (χ0) is 14.7. The summed E-state index contributed by atoms with van der Waals surface area (Å²) in [6, 6.07) is 7.35. The number of nitrogens with zero attached hydrogens (tertiary/aromatic N) is 1. The molecule has 1 aliphatic rings. The number of allylic oxidation sites excluding steroid dienone is 2. The molecule has 0 unspecified atom stereocenters. The lowest BCUT2D eigenvalue weighted by atomic mass is 9.92. The summed E-state index contributed by atoms with van der Waals surface area (Å²) in [4.78, 5) is 14.9. The number of hydrogen-bond donors (Lipinski definition) is 1. The molecule has 1 N–H and O–H groups in total. The Morgan fingerprint density at radius 3 is 2.95 bits per heavy atom. The fourth-order valence-corrected chi connectivity index (χ4v) is 2.79. The van der Waals surface area contributed by atoms with Crippen LogP contribution in [0.3, 0.4) is 0 Å². The molecule has 0 saturated heterocycles. The van der Waals surface area contributed by atoms with Crippen molar-refractivity contribution in [2.75, 3.05) is 6.61 Å². The number of rotatable bonds is 3. The molecule has 21 heavy (non-hydrogen) atoms. The molecule has 106 valence electrons. The normalized spacial score (nSPS) is 14.5. The van der Waals surface area contributed by atoms with Gasteiger partial charge < -0.3 is 9.72 Å². The topological polar surface area (TPSA) is 65.9 Å². The van der Waals surface area contributed by atoms with Crippen LogP contribution in [0.1, 0.15) is 31.2 Å². The van der Waals surface area contributed by atoms with E-state index >= 15 is 0 Å². The highest BCUT2D eigenvalue weighted by atomic mass is 16.5. The predicted octanol–water partition coefficient (Wildman–Crippen LogP) is 3.39. The summed E-state index contributed by atoms with van der Waals surface area (Å²) in [5, 5.41) is 10.1. The molecule has 0 atom stereocenters. The number of aromatic amines is 1. The SMILES string of the molecule is N#CCOc1ccc2c(C3=CCCCC3)c[nH]c(=O)c2c1. The first-order valence-corrected chi connectivity index (χ1v) is 7.14. The second-order valence-corrected chi connectivity index (χ2v) is 5.16. The van der Waals surface area contributed by atoms with Crippen molar-refractivity contribution in [3.8, 4) is 11.8 Å². The largest absolute Gasteiger partial charge is 0.479 e. The maximum atomic E-state index is 12.0. The summed E-state index contributed by atoms with van der Waals surface area (Å²) in [6.07, 6.45) is 8.63. The lowest BCUT2D eigenvalue weighted by Crippen LogP contribution is -2.08. The quantitative estimate of drug-likeness (QED) is 0.937. The van der Waals surface area contributed by atoms with E-state index in [4.69, 9.17) is 10.00 Å². The molecule has 0 bridgehead atoms. The number of H-pyrrole nitrogens is 1. The fraction of sp³-hybridized carbons (Fsp3) is 0.294. The Balaban J connectivity index is 2.11. The second kappa shape index (κ2) is 5.84. The monoisotopic (exact) mass is 280 g/mol. The van der Waals surface area contributed by atoms with Gasteiger partial charge >= 0.3 is 0 Å². The number of benzene rings is 1. The van der Waals surface area contributed by atoms with Gasteiger partial charge in [0.2, 0.25) is 0 Å². The van der Waals surface area contributed by atoms with E-state index in [0.29, 0.717) is 11.1 Å². The molecule has 4 nitrogen and oxygen atoms in total. The number of hydrogen-bond acceptors (Lipinski definition) is 3. The lowest BCUT2D eigenvalue weighted by Gasteiger charge is -2.15. The van der Waals surface area contributed by atoms with E-state index < -0.39 is 0 Å². The molecule has 0 saturated carbocycles. The van der Waals surface area contributed by atoms with Crippen LogP contribution >= 0.6 is 0 Å². The number of nitriles is 1. The van der Waals surface area contributed by atoms with Crippen molar-refractivity contribution in [1.82, 2.24) is 4.98 Å². The minimum Gasteiger partial charge on any atom is -0.479 e. The van der Waals surface area contributed by atoms with Gasteiger partial charge in [0.1, 0.15) is 11.8 Å². The van der Waals surface area contributed by atoms with Gasteiger partial charge in [-0.3, -0.25) is 4.79 Å². The Kier molecular flexibility index (Phi) is 3.74. The first kappa shape index (κ1) is 13.4. The zero-order valence-corrected chi connectivity index (χ0v) is 11.7. The molecule has 4 heteroatoms. The summed E-state index contributed by atoms with van der Waals surface area (Å²) in [5.74, 6) is 0.546. The van der Waals surface area contributed by atoms with Crippen LogP contribution in [0.2, 0.25) is 0 Å². The van der Waals surface area contributed by atoms with E-state index in [0.717, 1.165) is 23.8 Å². The number of aromatic nitrogens is 1. The van der Waals surface area contributed by atoms with Crippen LogP contribution in [-0.4, -0.2) is 11.6 Å². The minimum absolute atomic E-state index is 0.0196. The third kappa shape index (κ3) is 2.68. The van der Waals surface area contributed by atoms with Crippen LogP contribution in [0, 0.1) is 11.3 Å². The van der Waals surface area contributed by atoms with E-state index in [-0.39, 0.29) is 12.2 Å². The molecule has 1 aliphatic carbocycles. The molecule has 0 fully saturated rings. The van der Waals surface area contributed by atoms with Crippen LogP contribution < -0.4 is 10.3 Å². The Morgan fingerprint density at radius 1 is 1.29 bits per heavy atom. The Morgan fingerprint density at radius 2 is 2.19 bits per heavy atom. The van der Waals surface area contributed by atoms with Gasteiger partial charge in [0, 0.05) is 11.8 Å². The lowest BCUT2D eigenvalue weighted by molar-refractivity contribution is 0.368. The molecule has 1 aromatic carbocycles. The smallest absolute Gasteiger partial charge is 0.255 e. The molecule has 3 rings (SSSR count). The summed E-state index contributed by atoms with van der Waals surface area (Å²) < 4.78 is 5.28. The Bertz CT molecular complexity index is 797. The van der Waals surface area contributed by atoms with Gasteiger partial charge in [-0.15, -0.1) is 0 Å². The summed E-state index contributed by atoms with van der Waals surface area (Å²) in [7, 11) is 0. The molecule has 0 aliphatic heterocycles. The van der Waals surface area contributed by atoms with Gasteiger partial charge in [-0.1, -0.05) is 6.08 Å². The van der Waals surface area contributed by atoms with Crippen molar-refractivity contribution < 1.29 is 4.74 Å². The molecule has 1 heterocycles. The first-order chi connectivity index (χ1) is 10.3. The Hall–Kier alpha value is -2.54. The van der Waals surface area contributed by atoms with Crippen molar-refractivity contribution in [3.05, 3.63) is 46.4 Å². The van der Waals surface area contributed by atoms with Gasteiger partial charge in [-0.05, 0) is 54.8 Å². The van der Waals surface area contributed by atoms with Gasteiger partial charge in [-0.25, -0.2) is 0 Å². The number of nitrogens with one attached hydrogen (secondary N) is 1. The predicted molar refractivity (Wildman–Crippen MR) is 82.1 cm³/mol. The highest BCUT2D eigenvalue weighted by Gasteiger charge is 2.12. The maximum absolute atomic E-state index is 12.0. The molecule has 1 aromatic heterocycles. The molecule has 2 aromatic rings. The standard InChI is InChI=1S/C17H16N2O2/c18-8-9-21-13-6-7-14-15(10-13)17(20)19-11-16(14)12-4-2-1-3-5-12/h4,6-7,10-11H,1-3,5,9H2,(H,19,20). The van der Waals surface area contributed by atoms with E-state index in [2.05, 4.69) is 11.1 Å². The van der Waals surface area contributed by atoms with E-state index in [9.17, 15) is 4.79 Å². The first-order valence-electron chi connectivity index (χ1n) is 7.14. The van der Waals surface area contributed by atoms with Crippen molar-refractivity contribution in [3.63, 3.8) is 0 Å². The van der Waals surface area contributed by atoms with Gasteiger partial charge in [0.25, 0.3) is 5.56 Å². The third-order valence-electron chi connectivity index (χ3n) is 3.81. The highest BCUT2D eigenvalue weighted by molar-refractivity contribution is 5.93. The van der Waals surface area contributed by atoms with Crippen molar-refractivity contribution in [1.29, 1.82) is 5.26 Å².